The second kappa shape index (κ2) is 4.53. The molecule has 6 heteroatoms. The van der Waals surface area contributed by atoms with Crippen molar-refractivity contribution in [3.8, 4) is 12.3 Å². The maximum Gasteiger partial charge on any atom is 0.200 e. The van der Waals surface area contributed by atoms with Crippen molar-refractivity contribution in [1.82, 2.24) is 0 Å². The Bertz CT molecular complexity index is 406. The Morgan fingerprint density at radius 2 is 1.27 bits per heavy atom. The van der Waals surface area contributed by atoms with Gasteiger partial charge in [-0.15, -0.1) is 18.2 Å². The Hall–Kier alpha value is -1.22. The Kier molecular flexibility index (Phi) is 3.58. The molecule has 1 rings (SSSR count). The molecule has 0 radical (unpaired) electrons. The maximum absolute atomic E-state index is 12.9. The van der Waals surface area contributed by atoms with Gasteiger partial charge in [0, 0.05) is 0 Å². The highest BCUT2D eigenvalue weighted by atomic mass is 32.2. The Balaban J connectivity index is 3.33. The van der Waals surface area contributed by atoms with Gasteiger partial charge in [-0.1, -0.05) is 5.92 Å². The Morgan fingerprint density at radius 1 is 0.867 bits per heavy atom. The van der Waals surface area contributed by atoms with Crippen molar-refractivity contribution in [3.63, 3.8) is 0 Å². The zero-order valence-corrected chi connectivity index (χ0v) is 7.90. The highest BCUT2D eigenvalue weighted by Gasteiger charge is 2.25. The number of hydrogen-bond donors (Lipinski definition) is 0. The molecule has 0 heterocycles. The summed E-state index contributed by atoms with van der Waals surface area (Å²) in [5.41, 5.74) is 0. The molecule has 0 atom stereocenters. The average Bonchev–Trinajstić information content (AvgIpc) is 2.24. The quantitative estimate of drug-likeness (QED) is 0.251. The van der Waals surface area contributed by atoms with E-state index in [0.29, 0.717) is 11.8 Å². The average molecular weight is 238 g/mol. The van der Waals surface area contributed by atoms with Crippen molar-refractivity contribution in [2.75, 3.05) is 5.75 Å². The van der Waals surface area contributed by atoms with E-state index in [0.717, 1.165) is 0 Å². The summed E-state index contributed by atoms with van der Waals surface area (Å²) in [6.45, 7) is 0. The van der Waals surface area contributed by atoms with Crippen LogP contribution in [0, 0.1) is 41.4 Å². The van der Waals surface area contributed by atoms with Crippen LogP contribution in [0.15, 0.2) is 4.90 Å². The van der Waals surface area contributed by atoms with Crippen LogP contribution in [0.4, 0.5) is 22.0 Å². The van der Waals surface area contributed by atoms with E-state index < -0.39 is 34.0 Å². The van der Waals surface area contributed by atoms with E-state index in [-0.39, 0.29) is 5.75 Å². The van der Waals surface area contributed by atoms with Gasteiger partial charge in [-0.05, 0) is 0 Å². The maximum atomic E-state index is 12.9. The molecular formula is C9H3F5S. The van der Waals surface area contributed by atoms with Crippen molar-refractivity contribution in [1.29, 1.82) is 0 Å². The van der Waals surface area contributed by atoms with Crippen LogP contribution >= 0.6 is 11.8 Å². The molecule has 0 amide bonds. The first kappa shape index (κ1) is 11.9. The predicted molar refractivity (Wildman–Crippen MR) is 45.8 cm³/mol. The summed E-state index contributed by atoms with van der Waals surface area (Å²) in [5.74, 6) is -7.98. The number of rotatable bonds is 2. The molecule has 0 aliphatic heterocycles. The van der Waals surface area contributed by atoms with Gasteiger partial charge in [0.05, 0.1) is 10.6 Å². The molecule has 0 aromatic heterocycles. The van der Waals surface area contributed by atoms with Crippen molar-refractivity contribution in [2.45, 2.75) is 4.90 Å². The molecular weight excluding hydrogens is 235 g/mol. The minimum absolute atomic E-state index is 0.182. The summed E-state index contributed by atoms with van der Waals surface area (Å²) >= 11 is 0.378. The van der Waals surface area contributed by atoms with Gasteiger partial charge in [0.25, 0.3) is 0 Å². The fourth-order valence-electron chi connectivity index (χ4n) is 0.825. The first-order valence-electron chi connectivity index (χ1n) is 3.58. The van der Waals surface area contributed by atoms with Gasteiger partial charge in [-0.3, -0.25) is 0 Å². The summed E-state index contributed by atoms with van der Waals surface area (Å²) < 4.78 is 63.6. The second-order valence-electron chi connectivity index (χ2n) is 2.39. The van der Waals surface area contributed by atoms with E-state index in [1.54, 1.807) is 0 Å². The molecule has 15 heavy (non-hydrogen) atoms. The number of hydrogen-bond acceptors (Lipinski definition) is 1. The van der Waals surface area contributed by atoms with E-state index in [9.17, 15) is 22.0 Å². The molecule has 0 bridgehead atoms. The minimum Gasteiger partial charge on any atom is -0.202 e. The van der Waals surface area contributed by atoms with Crippen molar-refractivity contribution in [3.05, 3.63) is 29.1 Å². The van der Waals surface area contributed by atoms with Gasteiger partial charge in [0.2, 0.25) is 5.82 Å². The number of benzene rings is 1. The normalized spacial score (nSPS) is 10.1. The van der Waals surface area contributed by atoms with E-state index in [2.05, 4.69) is 0 Å². The lowest BCUT2D eigenvalue weighted by Gasteiger charge is -2.05. The summed E-state index contributed by atoms with van der Waals surface area (Å²) in [6, 6.07) is 0. The number of terminal acetylenes is 1. The van der Waals surface area contributed by atoms with Crippen molar-refractivity contribution < 1.29 is 22.0 Å². The first-order valence-corrected chi connectivity index (χ1v) is 4.57. The summed E-state index contributed by atoms with van der Waals surface area (Å²) in [4.78, 5) is -0.954. The standard InChI is InChI=1S/C9H3F5S/c1-2-3-15-9-7(13)5(11)4(10)6(12)8(9)14/h1H,3H2. The lowest BCUT2D eigenvalue weighted by molar-refractivity contribution is 0.361. The van der Waals surface area contributed by atoms with Crippen LogP contribution in [0.3, 0.4) is 0 Å². The molecule has 0 saturated carbocycles. The van der Waals surface area contributed by atoms with Crippen LogP contribution in [-0.2, 0) is 0 Å². The second-order valence-corrected chi connectivity index (χ2v) is 3.38. The molecule has 0 spiro atoms. The third kappa shape index (κ3) is 2.07. The van der Waals surface area contributed by atoms with Gasteiger partial charge in [0.15, 0.2) is 23.3 Å². The van der Waals surface area contributed by atoms with Crippen molar-refractivity contribution >= 4 is 11.8 Å². The first-order chi connectivity index (χ1) is 7.00. The zero-order chi connectivity index (χ0) is 11.6. The predicted octanol–water partition coefficient (Wildman–Crippen LogP) is 3.11. The van der Waals surface area contributed by atoms with Gasteiger partial charge in [-0.2, -0.15) is 0 Å². The van der Waals surface area contributed by atoms with Crippen LogP contribution in [0.25, 0.3) is 0 Å². The van der Waals surface area contributed by atoms with Gasteiger partial charge in [-0.25, -0.2) is 22.0 Å². The van der Waals surface area contributed by atoms with Crippen LogP contribution in [0.1, 0.15) is 0 Å². The van der Waals surface area contributed by atoms with Crippen LogP contribution in [-0.4, -0.2) is 5.75 Å². The van der Waals surface area contributed by atoms with Crippen LogP contribution in [0.2, 0.25) is 0 Å². The molecule has 0 saturated heterocycles. The van der Waals surface area contributed by atoms with E-state index in [4.69, 9.17) is 6.42 Å². The fourth-order valence-corrected chi connectivity index (χ4v) is 1.49. The molecule has 0 nitrogen and oxygen atoms in total. The van der Waals surface area contributed by atoms with E-state index >= 15 is 0 Å². The molecule has 0 aliphatic carbocycles. The van der Waals surface area contributed by atoms with E-state index in [1.165, 1.54) is 0 Å². The SMILES string of the molecule is C#CCSc1c(F)c(F)c(F)c(F)c1F. The lowest BCUT2D eigenvalue weighted by Crippen LogP contribution is -2.03. The van der Waals surface area contributed by atoms with Crippen LogP contribution < -0.4 is 0 Å². The van der Waals surface area contributed by atoms with Gasteiger partial charge in [0.1, 0.15) is 0 Å². The highest BCUT2D eigenvalue weighted by molar-refractivity contribution is 7.99. The van der Waals surface area contributed by atoms with Gasteiger partial charge < -0.3 is 0 Å². The third-order valence-corrected chi connectivity index (χ3v) is 2.43. The van der Waals surface area contributed by atoms with E-state index in [1.807, 2.05) is 5.92 Å². The third-order valence-electron chi connectivity index (χ3n) is 1.47. The molecule has 0 aliphatic rings. The monoisotopic (exact) mass is 238 g/mol. The smallest absolute Gasteiger partial charge is 0.200 e. The molecule has 0 N–H and O–H groups in total. The Morgan fingerprint density at radius 3 is 1.67 bits per heavy atom. The largest absolute Gasteiger partial charge is 0.202 e. The molecule has 0 fully saturated rings. The van der Waals surface area contributed by atoms with Crippen LogP contribution in [0.5, 0.6) is 0 Å². The topological polar surface area (TPSA) is 0 Å². The zero-order valence-electron chi connectivity index (χ0n) is 7.08. The number of thioether (sulfide) groups is 1. The van der Waals surface area contributed by atoms with Crippen molar-refractivity contribution in [2.24, 2.45) is 0 Å². The lowest BCUT2D eigenvalue weighted by atomic mass is 10.3. The van der Waals surface area contributed by atoms with Gasteiger partial charge >= 0.3 is 0 Å². The molecule has 0 unspecified atom stereocenters. The molecule has 80 valence electrons. The minimum atomic E-state index is -2.17. The summed E-state index contributed by atoms with van der Waals surface area (Å²) in [6.07, 6.45) is 4.81. The molecule has 1 aromatic carbocycles. The summed E-state index contributed by atoms with van der Waals surface area (Å²) in [5, 5.41) is 0. The summed E-state index contributed by atoms with van der Waals surface area (Å²) in [7, 11) is 0. The fraction of sp³-hybridized carbons (Fsp3) is 0.111. The highest BCUT2D eigenvalue weighted by Crippen LogP contribution is 2.30. The Labute approximate surface area is 86.5 Å². The molecule has 1 aromatic rings. The number of halogens is 5.